The first-order valence-corrected chi connectivity index (χ1v) is 5.79. The zero-order valence-corrected chi connectivity index (χ0v) is 8.66. The van der Waals surface area contributed by atoms with Gasteiger partial charge in [-0.3, -0.25) is 0 Å². The van der Waals surface area contributed by atoms with E-state index in [9.17, 15) is 0 Å². The van der Waals surface area contributed by atoms with Crippen LogP contribution >= 0.6 is 11.8 Å². The normalized spacial score (nSPS) is 15.8. The fraction of sp³-hybridized carbons (Fsp3) is 0.333. The first-order chi connectivity index (χ1) is 6.36. The predicted octanol–water partition coefficient (Wildman–Crippen LogP) is 3.62. The summed E-state index contributed by atoms with van der Waals surface area (Å²) < 4.78 is 0. The average Bonchev–Trinajstić information content (AvgIpc) is 3.00. The molecule has 0 bridgehead atoms. The molecule has 1 radical (unpaired) electrons. The second-order valence-corrected chi connectivity index (χ2v) is 4.22. The first kappa shape index (κ1) is 8.89. The molecular formula is C12H13S. The third kappa shape index (κ3) is 1.66. The molecule has 0 atom stereocenters. The fourth-order valence-electron chi connectivity index (χ4n) is 1.67. The maximum Gasteiger partial charge on any atom is 0.0110 e. The molecule has 0 saturated heterocycles. The summed E-state index contributed by atoms with van der Waals surface area (Å²) in [5.74, 6) is 0.785. The van der Waals surface area contributed by atoms with Crippen molar-refractivity contribution in [3.63, 3.8) is 0 Å². The Morgan fingerprint density at radius 2 is 2.23 bits per heavy atom. The van der Waals surface area contributed by atoms with Crippen LogP contribution in [0.3, 0.4) is 0 Å². The number of thioether (sulfide) groups is 1. The van der Waals surface area contributed by atoms with Crippen LogP contribution in [0.15, 0.2) is 29.7 Å². The van der Waals surface area contributed by atoms with Crippen LogP contribution in [0.5, 0.6) is 0 Å². The second-order valence-electron chi connectivity index (χ2n) is 3.37. The van der Waals surface area contributed by atoms with Gasteiger partial charge in [-0.05, 0) is 48.3 Å². The lowest BCUT2D eigenvalue weighted by molar-refractivity contribution is 1.05. The van der Waals surface area contributed by atoms with E-state index in [0.29, 0.717) is 0 Å². The Hall–Kier alpha value is -0.690. The molecule has 0 aromatic heterocycles. The minimum absolute atomic E-state index is 0.785. The first-order valence-electron chi connectivity index (χ1n) is 4.57. The Bertz CT molecular complexity index is 324. The van der Waals surface area contributed by atoms with Crippen molar-refractivity contribution in [3.8, 4) is 0 Å². The lowest BCUT2D eigenvalue weighted by Gasteiger charge is -2.08. The zero-order chi connectivity index (χ0) is 9.26. The Kier molecular flexibility index (Phi) is 2.45. The summed E-state index contributed by atoms with van der Waals surface area (Å²) in [6, 6.07) is 6.39. The van der Waals surface area contributed by atoms with Gasteiger partial charge < -0.3 is 0 Å². The van der Waals surface area contributed by atoms with E-state index >= 15 is 0 Å². The van der Waals surface area contributed by atoms with Gasteiger partial charge in [0.1, 0.15) is 0 Å². The zero-order valence-electron chi connectivity index (χ0n) is 7.84. The summed E-state index contributed by atoms with van der Waals surface area (Å²) in [6.07, 6.45) is 7.84. The highest BCUT2D eigenvalue weighted by Crippen LogP contribution is 2.45. The number of rotatable bonds is 3. The summed E-state index contributed by atoms with van der Waals surface area (Å²) in [5, 5.41) is 0. The van der Waals surface area contributed by atoms with E-state index in [1.165, 1.54) is 28.9 Å². The summed E-state index contributed by atoms with van der Waals surface area (Å²) in [7, 11) is 0. The Balaban J connectivity index is 2.50. The molecule has 0 unspecified atom stereocenters. The average molecular weight is 189 g/mol. The summed E-state index contributed by atoms with van der Waals surface area (Å²) in [6.45, 7) is 3.74. The van der Waals surface area contributed by atoms with Crippen LogP contribution in [-0.4, -0.2) is 6.26 Å². The van der Waals surface area contributed by atoms with Crippen LogP contribution < -0.4 is 0 Å². The largest absolute Gasteiger partial charge is 0.129 e. The van der Waals surface area contributed by atoms with E-state index in [1.54, 1.807) is 0 Å². The molecular weight excluding hydrogens is 176 g/mol. The van der Waals surface area contributed by atoms with Gasteiger partial charge in [0.15, 0.2) is 0 Å². The van der Waals surface area contributed by atoms with Crippen LogP contribution in [0.4, 0.5) is 0 Å². The van der Waals surface area contributed by atoms with Gasteiger partial charge in [0.2, 0.25) is 0 Å². The van der Waals surface area contributed by atoms with Crippen molar-refractivity contribution in [3.05, 3.63) is 42.0 Å². The Morgan fingerprint density at radius 1 is 1.46 bits per heavy atom. The van der Waals surface area contributed by atoms with Crippen molar-refractivity contribution in [2.45, 2.75) is 23.7 Å². The van der Waals surface area contributed by atoms with E-state index in [2.05, 4.69) is 37.1 Å². The molecule has 1 fully saturated rings. The highest BCUT2D eigenvalue weighted by molar-refractivity contribution is 7.98. The molecule has 1 aromatic carbocycles. The van der Waals surface area contributed by atoms with Gasteiger partial charge in [-0.1, -0.05) is 18.7 Å². The van der Waals surface area contributed by atoms with Gasteiger partial charge in [0, 0.05) is 4.90 Å². The molecule has 0 nitrogen and oxygen atoms in total. The Morgan fingerprint density at radius 3 is 2.77 bits per heavy atom. The predicted molar refractivity (Wildman–Crippen MR) is 58.2 cm³/mol. The van der Waals surface area contributed by atoms with Crippen molar-refractivity contribution in [2.24, 2.45) is 0 Å². The summed E-state index contributed by atoms with van der Waals surface area (Å²) >= 11 is 1.83. The lowest BCUT2D eigenvalue weighted by Crippen LogP contribution is -1.89. The summed E-state index contributed by atoms with van der Waals surface area (Å²) in [4.78, 5) is 1.40. The van der Waals surface area contributed by atoms with E-state index in [1.807, 2.05) is 11.8 Å². The van der Waals surface area contributed by atoms with Gasteiger partial charge in [0.25, 0.3) is 0 Å². The molecule has 0 amide bonds. The highest BCUT2D eigenvalue weighted by atomic mass is 32.2. The Labute approximate surface area is 84.0 Å². The fourth-order valence-corrected chi connectivity index (χ4v) is 2.38. The lowest BCUT2D eigenvalue weighted by atomic mass is 10.0. The molecule has 1 aliphatic carbocycles. The van der Waals surface area contributed by atoms with Gasteiger partial charge in [0.05, 0.1) is 0 Å². The minimum atomic E-state index is 0.785. The standard InChI is InChI=1S/C12H13S/c1-3-9-5-4-6-11(13-2)12(9)10-7-8-10/h4-6,10H,1,7-8H2,2H3. The van der Waals surface area contributed by atoms with Crippen molar-refractivity contribution in [2.75, 3.05) is 6.26 Å². The molecule has 1 aromatic rings. The highest BCUT2D eigenvalue weighted by Gasteiger charge is 2.27. The van der Waals surface area contributed by atoms with Crippen molar-refractivity contribution < 1.29 is 0 Å². The van der Waals surface area contributed by atoms with Crippen LogP contribution in [0.1, 0.15) is 29.9 Å². The summed E-state index contributed by atoms with van der Waals surface area (Å²) in [5.41, 5.74) is 2.68. The molecule has 1 aliphatic rings. The molecule has 67 valence electrons. The second kappa shape index (κ2) is 3.59. The monoisotopic (exact) mass is 189 g/mol. The molecule has 1 heteroatoms. The topological polar surface area (TPSA) is 0 Å². The van der Waals surface area contributed by atoms with Crippen molar-refractivity contribution in [1.29, 1.82) is 0 Å². The molecule has 1 saturated carbocycles. The molecule has 0 spiro atoms. The SMILES string of the molecule is C=[C]c1cccc(SC)c1C1CC1. The van der Waals surface area contributed by atoms with Gasteiger partial charge >= 0.3 is 0 Å². The third-order valence-corrected chi connectivity index (χ3v) is 3.26. The number of hydrogen-bond donors (Lipinski definition) is 0. The maximum absolute atomic E-state index is 3.74. The number of hydrogen-bond acceptors (Lipinski definition) is 1. The van der Waals surface area contributed by atoms with Gasteiger partial charge in [-0.15, -0.1) is 11.8 Å². The maximum atomic E-state index is 3.74. The van der Waals surface area contributed by atoms with Crippen LogP contribution in [0.2, 0.25) is 0 Å². The molecule has 2 rings (SSSR count). The van der Waals surface area contributed by atoms with E-state index < -0.39 is 0 Å². The quantitative estimate of drug-likeness (QED) is 0.654. The van der Waals surface area contributed by atoms with Crippen LogP contribution in [0, 0.1) is 6.08 Å². The van der Waals surface area contributed by atoms with Crippen molar-refractivity contribution >= 4 is 11.8 Å². The molecule has 0 aliphatic heterocycles. The van der Waals surface area contributed by atoms with E-state index in [0.717, 1.165) is 5.92 Å². The molecule has 0 N–H and O–H groups in total. The third-order valence-electron chi connectivity index (χ3n) is 2.46. The smallest absolute Gasteiger partial charge is 0.0110 e. The number of benzene rings is 1. The van der Waals surface area contributed by atoms with Crippen molar-refractivity contribution in [1.82, 2.24) is 0 Å². The van der Waals surface area contributed by atoms with E-state index in [4.69, 9.17) is 0 Å². The van der Waals surface area contributed by atoms with Gasteiger partial charge in [-0.25, -0.2) is 0 Å². The van der Waals surface area contributed by atoms with Crippen LogP contribution in [-0.2, 0) is 0 Å². The molecule has 13 heavy (non-hydrogen) atoms. The molecule has 0 heterocycles. The van der Waals surface area contributed by atoms with E-state index in [-0.39, 0.29) is 0 Å². The van der Waals surface area contributed by atoms with Crippen LogP contribution in [0.25, 0.3) is 0 Å². The van der Waals surface area contributed by atoms with Gasteiger partial charge in [-0.2, -0.15) is 0 Å². The minimum Gasteiger partial charge on any atom is -0.129 e.